The van der Waals surface area contributed by atoms with E-state index < -0.39 is 0 Å². The van der Waals surface area contributed by atoms with Gasteiger partial charge in [-0.1, -0.05) is 93.9 Å². The fourth-order valence-electron chi connectivity index (χ4n) is 5.03. The Bertz CT molecular complexity index is 1190. The maximum Gasteiger partial charge on any atom is 0.231 e. The fourth-order valence-corrected chi connectivity index (χ4v) is 5.03. The Morgan fingerprint density at radius 1 is 0.943 bits per heavy atom. The van der Waals surface area contributed by atoms with Gasteiger partial charge < -0.3 is 10.2 Å². The van der Waals surface area contributed by atoms with Crippen LogP contribution in [0.25, 0.3) is 0 Å². The molecule has 3 aromatic rings. The number of amides is 2. The highest BCUT2D eigenvalue weighted by Gasteiger charge is 2.34. The highest BCUT2D eigenvalue weighted by molar-refractivity contribution is 6.02. The molecule has 1 aliphatic rings. The van der Waals surface area contributed by atoms with Gasteiger partial charge in [0.05, 0.1) is 12.5 Å². The molecule has 4 heteroatoms. The maximum absolute atomic E-state index is 13.7. The topological polar surface area (TPSA) is 49.4 Å². The fraction of sp³-hybridized carbons (Fsp3) is 0.355. The van der Waals surface area contributed by atoms with Gasteiger partial charge in [-0.15, -0.1) is 0 Å². The van der Waals surface area contributed by atoms with Crippen molar-refractivity contribution in [3.05, 3.63) is 94.5 Å². The average Bonchev–Trinajstić information content (AvgIpc) is 2.82. The zero-order valence-electron chi connectivity index (χ0n) is 21.5. The third-order valence-corrected chi connectivity index (χ3v) is 6.86. The standard InChI is InChI=1S/C31H36N2O2/c1-20(2)26-12-9-13-27(21(3)4)30(26)32-29(34)18-25-17-24-16-22(5)14-15-28(24)33(31(25)35)19-23-10-7-6-8-11-23/h6-16,20-21,25H,17-19H2,1-5H3,(H,32,34). The molecule has 1 atom stereocenters. The van der Waals surface area contributed by atoms with Crippen molar-refractivity contribution in [3.8, 4) is 0 Å². The SMILES string of the molecule is Cc1ccc2c(c1)CC(CC(=O)Nc1c(C(C)C)cccc1C(C)C)C(=O)N2Cc1ccccc1. The molecular formula is C31H36N2O2. The minimum absolute atomic E-state index is 0.0154. The highest BCUT2D eigenvalue weighted by atomic mass is 16.2. The van der Waals surface area contributed by atoms with E-state index in [4.69, 9.17) is 0 Å². The van der Waals surface area contributed by atoms with Gasteiger partial charge >= 0.3 is 0 Å². The van der Waals surface area contributed by atoms with E-state index in [9.17, 15) is 9.59 Å². The third kappa shape index (κ3) is 5.48. The molecule has 4 rings (SSSR count). The number of hydrogen-bond donors (Lipinski definition) is 1. The molecule has 0 aliphatic carbocycles. The Hall–Kier alpha value is -3.40. The number of aryl methyl sites for hydroxylation is 1. The van der Waals surface area contributed by atoms with Crippen LogP contribution in [-0.4, -0.2) is 11.8 Å². The van der Waals surface area contributed by atoms with Gasteiger partial charge in [-0.3, -0.25) is 9.59 Å². The number of nitrogens with zero attached hydrogens (tertiary/aromatic N) is 1. The minimum Gasteiger partial charge on any atom is -0.326 e. The summed E-state index contributed by atoms with van der Waals surface area (Å²) in [4.78, 5) is 28.9. The third-order valence-electron chi connectivity index (χ3n) is 6.86. The van der Waals surface area contributed by atoms with Crippen LogP contribution in [0.4, 0.5) is 11.4 Å². The minimum atomic E-state index is -0.387. The predicted octanol–water partition coefficient (Wildman–Crippen LogP) is 6.98. The van der Waals surface area contributed by atoms with E-state index >= 15 is 0 Å². The number of anilines is 2. The Balaban J connectivity index is 1.60. The molecule has 182 valence electrons. The average molecular weight is 469 g/mol. The van der Waals surface area contributed by atoms with Crippen LogP contribution in [0.2, 0.25) is 0 Å². The van der Waals surface area contributed by atoms with Crippen LogP contribution < -0.4 is 10.2 Å². The van der Waals surface area contributed by atoms with Crippen LogP contribution in [-0.2, 0) is 22.6 Å². The lowest BCUT2D eigenvalue weighted by molar-refractivity contribution is -0.127. The Morgan fingerprint density at radius 3 is 2.23 bits per heavy atom. The van der Waals surface area contributed by atoms with E-state index in [0.29, 0.717) is 13.0 Å². The first-order valence-electron chi connectivity index (χ1n) is 12.6. The number of hydrogen-bond acceptors (Lipinski definition) is 2. The summed E-state index contributed by atoms with van der Waals surface area (Å²) in [5.74, 6) is 0.102. The zero-order valence-corrected chi connectivity index (χ0v) is 21.5. The van der Waals surface area contributed by atoms with Crippen molar-refractivity contribution in [3.63, 3.8) is 0 Å². The molecule has 0 saturated heterocycles. The molecule has 0 aromatic heterocycles. The van der Waals surface area contributed by atoms with E-state index in [0.717, 1.165) is 39.2 Å². The van der Waals surface area contributed by atoms with Crippen molar-refractivity contribution in [1.29, 1.82) is 0 Å². The molecule has 2 amide bonds. The Kier molecular flexibility index (Phi) is 7.39. The molecular weight excluding hydrogens is 432 g/mol. The van der Waals surface area contributed by atoms with Crippen LogP contribution in [0.5, 0.6) is 0 Å². The monoisotopic (exact) mass is 468 g/mol. The van der Waals surface area contributed by atoms with Crippen LogP contribution in [0.3, 0.4) is 0 Å². The molecule has 0 spiro atoms. The summed E-state index contributed by atoms with van der Waals surface area (Å²) in [5, 5.41) is 3.20. The van der Waals surface area contributed by atoms with Crippen molar-refractivity contribution in [2.45, 2.75) is 65.8 Å². The van der Waals surface area contributed by atoms with Gasteiger partial charge in [-0.2, -0.15) is 0 Å². The van der Waals surface area contributed by atoms with E-state index in [1.165, 1.54) is 0 Å². The lowest BCUT2D eigenvalue weighted by atomic mass is 9.87. The van der Waals surface area contributed by atoms with E-state index in [2.05, 4.69) is 64.2 Å². The molecule has 3 aromatic carbocycles. The van der Waals surface area contributed by atoms with Gasteiger partial charge in [0.25, 0.3) is 0 Å². The normalized spacial score (nSPS) is 15.5. The molecule has 4 nitrogen and oxygen atoms in total. The summed E-state index contributed by atoms with van der Waals surface area (Å²) in [5.41, 5.74) is 7.48. The second-order valence-electron chi connectivity index (χ2n) is 10.3. The second kappa shape index (κ2) is 10.5. The predicted molar refractivity (Wildman–Crippen MR) is 144 cm³/mol. The number of benzene rings is 3. The van der Waals surface area contributed by atoms with Crippen molar-refractivity contribution in [2.24, 2.45) is 5.92 Å². The van der Waals surface area contributed by atoms with Gasteiger partial charge in [0.15, 0.2) is 0 Å². The number of carbonyl (C=O) groups excluding carboxylic acids is 2. The molecule has 35 heavy (non-hydrogen) atoms. The number of rotatable bonds is 7. The van der Waals surface area contributed by atoms with Crippen LogP contribution in [0.1, 0.15) is 73.8 Å². The zero-order chi connectivity index (χ0) is 25.1. The first-order valence-corrected chi connectivity index (χ1v) is 12.6. The lowest BCUT2D eigenvalue weighted by Crippen LogP contribution is -2.42. The maximum atomic E-state index is 13.7. The summed E-state index contributed by atoms with van der Waals surface area (Å²) in [6, 6.07) is 22.5. The first-order chi connectivity index (χ1) is 16.7. The molecule has 0 bridgehead atoms. The number of fused-ring (bicyclic) bond motifs is 1. The smallest absolute Gasteiger partial charge is 0.231 e. The van der Waals surface area contributed by atoms with Crippen LogP contribution >= 0.6 is 0 Å². The van der Waals surface area contributed by atoms with Gasteiger partial charge in [-0.25, -0.2) is 0 Å². The second-order valence-corrected chi connectivity index (χ2v) is 10.3. The molecule has 1 N–H and O–H groups in total. The van der Waals surface area contributed by atoms with Gasteiger partial charge in [0.1, 0.15) is 0 Å². The summed E-state index contributed by atoms with van der Waals surface area (Å²) in [6.45, 7) is 11.1. The Morgan fingerprint density at radius 2 is 1.60 bits per heavy atom. The van der Waals surface area contributed by atoms with Crippen molar-refractivity contribution in [2.75, 3.05) is 10.2 Å². The molecule has 0 fully saturated rings. The van der Waals surface area contributed by atoms with Crippen molar-refractivity contribution >= 4 is 23.2 Å². The lowest BCUT2D eigenvalue weighted by Gasteiger charge is -2.34. The molecule has 1 aliphatic heterocycles. The van der Waals surface area contributed by atoms with E-state index in [1.54, 1.807) is 0 Å². The van der Waals surface area contributed by atoms with Gasteiger partial charge in [-0.05, 0) is 53.5 Å². The molecule has 1 heterocycles. The van der Waals surface area contributed by atoms with E-state index in [-0.39, 0.29) is 36.0 Å². The summed E-state index contributed by atoms with van der Waals surface area (Å²) < 4.78 is 0. The molecule has 0 saturated carbocycles. The molecule has 0 radical (unpaired) electrons. The largest absolute Gasteiger partial charge is 0.326 e. The summed E-state index contributed by atoms with van der Waals surface area (Å²) in [7, 11) is 0. The quantitative estimate of drug-likeness (QED) is 0.407. The van der Waals surface area contributed by atoms with Crippen LogP contribution in [0.15, 0.2) is 66.7 Å². The van der Waals surface area contributed by atoms with Crippen molar-refractivity contribution in [1.82, 2.24) is 0 Å². The molecule has 1 unspecified atom stereocenters. The number of carbonyl (C=O) groups is 2. The van der Waals surface area contributed by atoms with Crippen molar-refractivity contribution < 1.29 is 9.59 Å². The van der Waals surface area contributed by atoms with Crippen LogP contribution in [0, 0.1) is 12.8 Å². The first kappa shape index (κ1) is 24.7. The van der Waals surface area contributed by atoms with Gasteiger partial charge in [0, 0.05) is 17.8 Å². The summed E-state index contributed by atoms with van der Waals surface area (Å²) in [6.07, 6.45) is 0.749. The number of nitrogens with one attached hydrogen (secondary N) is 1. The Labute approximate surface area is 209 Å². The van der Waals surface area contributed by atoms with E-state index in [1.807, 2.05) is 47.4 Å². The number of para-hydroxylation sites is 1. The van der Waals surface area contributed by atoms with Gasteiger partial charge in [0.2, 0.25) is 11.8 Å². The summed E-state index contributed by atoms with van der Waals surface area (Å²) >= 11 is 0. The highest BCUT2D eigenvalue weighted by Crippen LogP contribution is 2.36.